The van der Waals surface area contributed by atoms with Crippen LogP contribution in [-0.4, -0.2) is 36.5 Å². The van der Waals surface area contributed by atoms with Gasteiger partial charge in [0.1, 0.15) is 5.75 Å². The molecule has 27 heavy (non-hydrogen) atoms. The van der Waals surface area contributed by atoms with E-state index in [0.29, 0.717) is 12.5 Å². The van der Waals surface area contributed by atoms with Gasteiger partial charge in [-0.3, -0.25) is 9.69 Å². The minimum atomic E-state index is -0.141. The Morgan fingerprint density at radius 1 is 1.11 bits per heavy atom. The van der Waals surface area contributed by atoms with Gasteiger partial charge in [-0.2, -0.15) is 0 Å². The third-order valence-electron chi connectivity index (χ3n) is 5.39. The summed E-state index contributed by atoms with van der Waals surface area (Å²) in [6.07, 6.45) is 3.42. The molecule has 0 unspecified atom stereocenters. The molecule has 0 aliphatic carbocycles. The Labute approximate surface area is 162 Å². The van der Waals surface area contributed by atoms with E-state index in [1.165, 1.54) is 5.56 Å². The molecule has 144 valence electrons. The lowest BCUT2D eigenvalue weighted by Crippen LogP contribution is -2.46. The molecule has 4 nitrogen and oxygen atoms in total. The van der Waals surface area contributed by atoms with Gasteiger partial charge in [-0.15, -0.1) is 0 Å². The zero-order valence-electron chi connectivity index (χ0n) is 16.4. The van der Waals surface area contributed by atoms with E-state index in [0.717, 1.165) is 43.8 Å². The third kappa shape index (κ3) is 5.33. The second kappa shape index (κ2) is 9.56. The smallest absolute Gasteiger partial charge is 0.241 e. The normalized spacial score (nSPS) is 16.7. The van der Waals surface area contributed by atoms with Crippen LogP contribution in [0.25, 0.3) is 0 Å². The molecule has 1 saturated heterocycles. The fourth-order valence-electron chi connectivity index (χ4n) is 3.75. The number of hydrogen-bond acceptors (Lipinski definition) is 3. The van der Waals surface area contributed by atoms with Crippen LogP contribution in [0.2, 0.25) is 0 Å². The zero-order chi connectivity index (χ0) is 19.1. The SMILES string of the molecule is CCOc1ccccc1NC(=O)[C@H](C)N1CCC(Cc2ccccc2)CC1. The standard InChI is InChI=1S/C23H30N2O2/c1-3-27-22-12-8-7-11-21(22)24-23(26)18(2)25-15-13-20(14-16-25)17-19-9-5-4-6-10-19/h4-12,18,20H,3,13-17H2,1-2H3,(H,24,26)/t18-/m0/s1. The molecule has 1 fully saturated rings. The number of ether oxygens (including phenoxy) is 1. The average molecular weight is 367 g/mol. The summed E-state index contributed by atoms with van der Waals surface area (Å²) in [6.45, 7) is 6.47. The van der Waals surface area contributed by atoms with E-state index in [1.54, 1.807) is 0 Å². The fourth-order valence-corrected chi connectivity index (χ4v) is 3.75. The zero-order valence-corrected chi connectivity index (χ0v) is 16.4. The van der Waals surface area contributed by atoms with Gasteiger partial charge >= 0.3 is 0 Å². The first-order valence-electron chi connectivity index (χ1n) is 9.98. The first kappa shape index (κ1) is 19.4. The van der Waals surface area contributed by atoms with Crippen molar-refractivity contribution in [2.75, 3.05) is 25.0 Å². The molecular weight excluding hydrogens is 336 g/mol. The molecule has 1 aliphatic heterocycles. The number of likely N-dealkylation sites (tertiary alicyclic amines) is 1. The Balaban J connectivity index is 1.51. The van der Waals surface area contributed by atoms with E-state index < -0.39 is 0 Å². The number of amides is 1. The maximum Gasteiger partial charge on any atom is 0.241 e. The lowest BCUT2D eigenvalue weighted by molar-refractivity contribution is -0.121. The summed E-state index contributed by atoms with van der Waals surface area (Å²) in [6, 6.07) is 18.2. The number of nitrogens with zero attached hydrogens (tertiary/aromatic N) is 1. The highest BCUT2D eigenvalue weighted by Gasteiger charge is 2.27. The number of rotatable bonds is 7. The van der Waals surface area contributed by atoms with E-state index in [9.17, 15) is 4.79 Å². The van der Waals surface area contributed by atoms with Crippen LogP contribution in [0.5, 0.6) is 5.75 Å². The van der Waals surface area contributed by atoms with Gasteiger partial charge in [0.15, 0.2) is 0 Å². The monoisotopic (exact) mass is 366 g/mol. The van der Waals surface area contributed by atoms with E-state index in [1.807, 2.05) is 38.1 Å². The van der Waals surface area contributed by atoms with Crippen LogP contribution in [0.1, 0.15) is 32.3 Å². The predicted molar refractivity (Wildman–Crippen MR) is 110 cm³/mol. The molecule has 3 rings (SSSR count). The number of piperidine rings is 1. The maximum absolute atomic E-state index is 12.7. The largest absolute Gasteiger partial charge is 0.492 e. The summed E-state index contributed by atoms with van der Waals surface area (Å²) in [5.41, 5.74) is 2.16. The van der Waals surface area contributed by atoms with Crippen molar-refractivity contribution in [1.29, 1.82) is 0 Å². The summed E-state index contributed by atoms with van der Waals surface area (Å²) in [5, 5.41) is 3.04. The summed E-state index contributed by atoms with van der Waals surface area (Å²) in [5.74, 6) is 1.46. The number of anilines is 1. The van der Waals surface area contributed by atoms with Crippen LogP contribution in [0.15, 0.2) is 54.6 Å². The van der Waals surface area contributed by atoms with Crippen LogP contribution in [0, 0.1) is 5.92 Å². The van der Waals surface area contributed by atoms with Gasteiger partial charge in [0.25, 0.3) is 0 Å². The summed E-state index contributed by atoms with van der Waals surface area (Å²) < 4.78 is 5.61. The number of para-hydroxylation sites is 2. The van der Waals surface area contributed by atoms with Crippen molar-refractivity contribution in [1.82, 2.24) is 4.90 Å². The fraction of sp³-hybridized carbons (Fsp3) is 0.435. The Morgan fingerprint density at radius 2 is 1.78 bits per heavy atom. The van der Waals surface area contributed by atoms with Crippen molar-refractivity contribution >= 4 is 11.6 Å². The molecule has 0 bridgehead atoms. The maximum atomic E-state index is 12.7. The molecule has 2 aromatic carbocycles. The minimum Gasteiger partial charge on any atom is -0.492 e. The first-order valence-corrected chi connectivity index (χ1v) is 9.98. The Morgan fingerprint density at radius 3 is 2.48 bits per heavy atom. The number of carbonyl (C=O) groups excluding carboxylic acids is 1. The highest BCUT2D eigenvalue weighted by atomic mass is 16.5. The average Bonchev–Trinajstić information content (AvgIpc) is 2.70. The molecule has 0 radical (unpaired) electrons. The Bertz CT molecular complexity index is 724. The van der Waals surface area contributed by atoms with Gasteiger partial charge in [-0.25, -0.2) is 0 Å². The highest BCUT2D eigenvalue weighted by Crippen LogP contribution is 2.26. The molecule has 0 saturated carbocycles. The van der Waals surface area contributed by atoms with Crippen LogP contribution < -0.4 is 10.1 Å². The Hall–Kier alpha value is -2.33. The van der Waals surface area contributed by atoms with E-state index in [2.05, 4.69) is 40.5 Å². The first-order chi connectivity index (χ1) is 13.2. The topological polar surface area (TPSA) is 41.6 Å². The van der Waals surface area contributed by atoms with Crippen molar-refractivity contribution in [2.45, 2.75) is 39.2 Å². The third-order valence-corrected chi connectivity index (χ3v) is 5.39. The van der Waals surface area contributed by atoms with Gasteiger partial charge in [0.05, 0.1) is 18.3 Å². The molecule has 0 spiro atoms. The predicted octanol–water partition coefficient (Wildman–Crippen LogP) is 4.37. The van der Waals surface area contributed by atoms with E-state index in [4.69, 9.17) is 4.74 Å². The molecule has 1 heterocycles. The Kier molecular flexibility index (Phi) is 6.88. The second-order valence-corrected chi connectivity index (χ2v) is 7.26. The number of benzene rings is 2. The molecule has 1 N–H and O–H groups in total. The lowest BCUT2D eigenvalue weighted by atomic mass is 9.89. The van der Waals surface area contributed by atoms with Crippen molar-refractivity contribution < 1.29 is 9.53 Å². The van der Waals surface area contributed by atoms with Crippen LogP contribution in [0.3, 0.4) is 0 Å². The van der Waals surface area contributed by atoms with Crippen molar-refractivity contribution in [3.8, 4) is 5.75 Å². The second-order valence-electron chi connectivity index (χ2n) is 7.26. The highest BCUT2D eigenvalue weighted by molar-refractivity contribution is 5.95. The van der Waals surface area contributed by atoms with Gasteiger partial charge in [0, 0.05) is 0 Å². The van der Waals surface area contributed by atoms with Crippen LogP contribution in [-0.2, 0) is 11.2 Å². The molecule has 1 atom stereocenters. The number of carbonyl (C=O) groups is 1. The van der Waals surface area contributed by atoms with E-state index >= 15 is 0 Å². The molecule has 1 aliphatic rings. The van der Waals surface area contributed by atoms with Crippen molar-refractivity contribution in [3.63, 3.8) is 0 Å². The van der Waals surface area contributed by atoms with Gasteiger partial charge in [0.2, 0.25) is 5.91 Å². The number of hydrogen-bond donors (Lipinski definition) is 1. The van der Waals surface area contributed by atoms with Crippen molar-refractivity contribution in [2.24, 2.45) is 5.92 Å². The number of nitrogens with one attached hydrogen (secondary N) is 1. The van der Waals surface area contributed by atoms with Gasteiger partial charge < -0.3 is 10.1 Å². The van der Waals surface area contributed by atoms with Gasteiger partial charge in [-0.05, 0) is 69.8 Å². The van der Waals surface area contributed by atoms with Crippen molar-refractivity contribution in [3.05, 3.63) is 60.2 Å². The lowest BCUT2D eigenvalue weighted by Gasteiger charge is -2.35. The quantitative estimate of drug-likeness (QED) is 0.791. The minimum absolute atomic E-state index is 0.0312. The summed E-state index contributed by atoms with van der Waals surface area (Å²) in [7, 11) is 0. The summed E-state index contributed by atoms with van der Waals surface area (Å²) >= 11 is 0. The molecule has 0 aromatic heterocycles. The molecule has 1 amide bonds. The molecule has 4 heteroatoms. The van der Waals surface area contributed by atoms with E-state index in [-0.39, 0.29) is 11.9 Å². The summed E-state index contributed by atoms with van der Waals surface area (Å²) in [4.78, 5) is 15.0. The van der Waals surface area contributed by atoms with Crippen LogP contribution >= 0.6 is 0 Å². The molecule has 2 aromatic rings. The molecular formula is C23H30N2O2. The van der Waals surface area contributed by atoms with Crippen LogP contribution in [0.4, 0.5) is 5.69 Å². The van der Waals surface area contributed by atoms with Gasteiger partial charge in [-0.1, -0.05) is 42.5 Å².